The maximum absolute atomic E-state index is 11.6. The highest BCUT2D eigenvalue weighted by atomic mass is 32.2. The smallest absolute Gasteiger partial charge is 0.220 e. The Labute approximate surface area is 114 Å². The molecule has 0 atom stereocenters. The second kappa shape index (κ2) is 8.16. The van der Waals surface area contributed by atoms with Crippen molar-refractivity contribution in [1.29, 1.82) is 0 Å². The number of carbonyl (C=O) groups excluding carboxylic acids is 1. The molecule has 4 heteroatoms. The first kappa shape index (κ1) is 15.1. The van der Waals surface area contributed by atoms with E-state index in [9.17, 15) is 4.79 Å². The van der Waals surface area contributed by atoms with E-state index >= 15 is 0 Å². The van der Waals surface area contributed by atoms with Crippen LogP contribution in [0.15, 0.2) is 23.1 Å². The summed E-state index contributed by atoms with van der Waals surface area (Å²) in [6.07, 6.45) is 3.53. The number of carbonyl (C=O) groups is 1. The van der Waals surface area contributed by atoms with Crippen LogP contribution in [-0.4, -0.2) is 25.8 Å². The van der Waals surface area contributed by atoms with Gasteiger partial charge in [0.25, 0.3) is 0 Å². The summed E-state index contributed by atoms with van der Waals surface area (Å²) in [7, 11) is 1.90. The minimum absolute atomic E-state index is 0.123. The maximum Gasteiger partial charge on any atom is 0.220 e. The van der Waals surface area contributed by atoms with Gasteiger partial charge in [0.15, 0.2) is 0 Å². The van der Waals surface area contributed by atoms with Gasteiger partial charge >= 0.3 is 0 Å². The van der Waals surface area contributed by atoms with Gasteiger partial charge in [0.1, 0.15) is 0 Å². The molecule has 1 aromatic carbocycles. The topological polar surface area (TPSA) is 41.1 Å². The van der Waals surface area contributed by atoms with Gasteiger partial charge in [-0.1, -0.05) is 12.1 Å². The number of thioether (sulfide) groups is 1. The van der Waals surface area contributed by atoms with Gasteiger partial charge in [-0.3, -0.25) is 4.79 Å². The van der Waals surface area contributed by atoms with Crippen molar-refractivity contribution in [3.8, 4) is 0 Å². The van der Waals surface area contributed by atoms with Gasteiger partial charge in [0.2, 0.25) is 5.91 Å². The number of nitrogens with one attached hydrogen (secondary N) is 2. The minimum atomic E-state index is 0.123. The SMILES string of the molecule is CNCCCC(=O)NCc1ccc(C)cc1SC. The summed E-state index contributed by atoms with van der Waals surface area (Å²) in [5, 5.41) is 6.01. The lowest BCUT2D eigenvalue weighted by atomic mass is 10.1. The van der Waals surface area contributed by atoms with E-state index in [1.165, 1.54) is 16.0 Å². The van der Waals surface area contributed by atoms with Gasteiger partial charge < -0.3 is 10.6 Å². The molecule has 0 heterocycles. The van der Waals surface area contributed by atoms with Gasteiger partial charge in [0.05, 0.1) is 0 Å². The number of hydrogen-bond donors (Lipinski definition) is 2. The monoisotopic (exact) mass is 266 g/mol. The van der Waals surface area contributed by atoms with Crippen molar-refractivity contribution in [3.63, 3.8) is 0 Å². The molecule has 3 nitrogen and oxygen atoms in total. The molecule has 0 aliphatic carbocycles. The molecule has 0 fully saturated rings. The fraction of sp³-hybridized carbons (Fsp3) is 0.500. The molecule has 18 heavy (non-hydrogen) atoms. The molecule has 100 valence electrons. The molecule has 2 N–H and O–H groups in total. The zero-order chi connectivity index (χ0) is 13.4. The van der Waals surface area contributed by atoms with E-state index in [1.54, 1.807) is 11.8 Å². The predicted octanol–water partition coefficient (Wildman–Crippen LogP) is 2.33. The second-order valence-electron chi connectivity index (χ2n) is 4.30. The van der Waals surface area contributed by atoms with Crippen LogP contribution in [-0.2, 0) is 11.3 Å². The first-order valence-electron chi connectivity index (χ1n) is 6.22. The van der Waals surface area contributed by atoms with Crippen LogP contribution in [0.1, 0.15) is 24.0 Å². The average Bonchev–Trinajstić information content (AvgIpc) is 2.37. The third kappa shape index (κ3) is 5.10. The van der Waals surface area contributed by atoms with Crippen molar-refractivity contribution in [1.82, 2.24) is 10.6 Å². The summed E-state index contributed by atoms with van der Waals surface area (Å²) in [4.78, 5) is 12.9. The molecule has 0 saturated carbocycles. The fourth-order valence-corrected chi connectivity index (χ4v) is 2.41. The Morgan fingerprint density at radius 3 is 2.83 bits per heavy atom. The lowest BCUT2D eigenvalue weighted by Gasteiger charge is -2.10. The summed E-state index contributed by atoms with van der Waals surface area (Å²) < 4.78 is 0. The molecule has 0 radical (unpaired) electrons. The Morgan fingerprint density at radius 1 is 1.39 bits per heavy atom. The number of hydrogen-bond acceptors (Lipinski definition) is 3. The van der Waals surface area contributed by atoms with Crippen LogP contribution in [0.2, 0.25) is 0 Å². The van der Waals surface area contributed by atoms with Crippen LogP contribution in [0.4, 0.5) is 0 Å². The molecule has 1 aromatic rings. The first-order valence-corrected chi connectivity index (χ1v) is 7.44. The van der Waals surface area contributed by atoms with Crippen molar-refractivity contribution in [3.05, 3.63) is 29.3 Å². The summed E-state index contributed by atoms with van der Waals surface area (Å²) >= 11 is 1.72. The Hall–Kier alpha value is -1.00. The van der Waals surface area contributed by atoms with E-state index in [-0.39, 0.29) is 5.91 Å². The van der Waals surface area contributed by atoms with Crippen molar-refractivity contribution < 1.29 is 4.79 Å². The summed E-state index contributed by atoms with van der Waals surface area (Å²) in [6.45, 7) is 3.59. The number of benzene rings is 1. The van der Waals surface area contributed by atoms with E-state index in [4.69, 9.17) is 0 Å². The molecular formula is C14H22N2OS. The van der Waals surface area contributed by atoms with E-state index in [2.05, 4.69) is 42.0 Å². The van der Waals surface area contributed by atoms with Crippen LogP contribution in [0.5, 0.6) is 0 Å². The highest BCUT2D eigenvalue weighted by molar-refractivity contribution is 7.98. The highest BCUT2D eigenvalue weighted by Gasteiger charge is 2.04. The van der Waals surface area contributed by atoms with Crippen LogP contribution in [0.25, 0.3) is 0 Å². The zero-order valence-corrected chi connectivity index (χ0v) is 12.2. The van der Waals surface area contributed by atoms with E-state index < -0.39 is 0 Å². The lowest BCUT2D eigenvalue weighted by molar-refractivity contribution is -0.121. The number of amides is 1. The Balaban J connectivity index is 2.45. The van der Waals surface area contributed by atoms with Gasteiger partial charge in [0, 0.05) is 17.9 Å². The van der Waals surface area contributed by atoms with Gasteiger partial charge in [-0.15, -0.1) is 11.8 Å². The predicted molar refractivity (Wildman–Crippen MR) is 78.0 cm³/mol. The van der Waals surface area contributed by atoms with Gasteiger partial charge in [-0.2, -0.15) is 0 Å². The van der Waals surface area contributed by atoms with Crippen LogP contribution >= 0.6 is 11.8 Å². The maximum atomic E-state index is 11.6. The normalized spacial score (nSPS) is 10.4. The van der Waals surface area contributed by atoms with Gasteiger partial charge in [-0.05, 0) is 50.4 Å². The quantitative estimate of drug-likeness (QED) is 0.588. The molecule has 0 aromatic heterocycles. The van der Waals surface area contributed by atoms with Crippen molar-refractivity contribution in [2.75, 3.05) is 19.8 Å². The molecule has 0 aliphatic heterocycles. The molecule has 0 bridgehead atoms. The standard InChI is InChI=1S/C14H22N2OS/c1-11-6-7-12(13(9-11)18-3)10-16-14(17)5-4-8-15-2/h6-7,9,15H,4-5,8,10H2,1-3H3,(H,16,17). The van der Waals surface area contributed by atoms with Crippen molar-refractivity contribution in [2.24, 2.45) is 0 Å². The fourth-order valence-electron chi connectivity index (χ4n) is 1.71. The van der Waals surface area contributed by atoms with Crippen molar-refractivity contribution in [2.45, 2.75) is 31.2 Å². The Bertz CT molecular complexity index is 393. The minimum Gasteiger partial charge on any atom is -0.352 e. The first-order chi connectivity index (χ1) is 8.67. The van der Waals surface area contributed by atoms with Gasteiger partial charge in [-0.25, -0.2) is 0 Å². The highest BCUT2D eigenvalue weighted by Crippen LogP contribution is 2.21. The van der Waals surface area contributed by atoms with E-state index in [0.717, 1.165) is 13.0 Å². The molecule has 1 rings (SSSR count). The number of aryl methyl sites for hydroxylation is 1. The zero-order valence-electron chi connectivity index (χ0n) is 11.4. The van der Waals surface area contributed by atoms with Crippen molar-refractivity contribution >= 4 is 17.7 Å². The summed E-state index contributed by atoms with van der Waals surface area (Å²) in [5.41, 5.74) is 2.44. The second-order valence-corrected chi connectivity index (χ2v) is 5.15. The number of rotatable bonds is 7. The third-order valence-electron chi connectivity index (χ3n) is 2.75. The third-order valence-corrected chi connectivity index (χ3v) is 3.57. The average molecular weight is 266 g/mol. The molecule has 0 spiro atoms. The van der Waals surface area contributed by atoms with E-state index in [0.29, 0.717) is 13.0 Å². The molecule has 0 saturated heterocycles. The Kier molecular flexibility index (Phi) is 6.83. The molecular weight excluding hydrogens is 244 g/mol. The largest absolute Gasteiger partial charge is 0.352 e. The molecule has 0 unspecified atom stereocenters. The Morgan fingerprint density at radius 2 is 2.17 bits per heavy atom. The van der Waals surface area contributed by atoms with E-state index in [1.807, 2.05) is 7.05 Å². The molecule has 0 aliphatic rings. The van der Waals surface area contributed by atoms with Crippen LogP contribution < -0.4 is 10.6 Å². The molecule has 1 amide bonds. The summed E-state index contributed by atoms with van der Waals surface area (Å²) in [6, 6.07) is 6.34. The van der Waals surface area contributed by atoms with Crippen LogP contribution in [0, 0.1) is 6.92 Å². The summed E-state index contributed by atoms with van der Waals surface area (Å²) in [5.74, 6) is 0.123. The van der Waals surface area contributed by atoms with Crippen LogP contribution in [0.3, 0.4) is 0 Å². The lowest BCUT2D eigenvalue weighted by Crippen LogP contribution is -2.23.